The molecule has 2 aliphatic heterocycles. The van der Waals surface area contributed by atoms with Gasteiger partial charge in [-0.15, -0.1) is 0 Å². The molecule has 4 heteroatoms. The summed E-state index contributed by atoms with van der Waals surface area (Å²) in [6.07, 6.45) is 6.13. The molecular formula is C14H26N2O2. The van der Waals surface area contributed by atoms with Crippen LogP contribution < -0.4 is 0 Å². The van der Waals surface area contributed by atoms with Gasteiger partial charge in [0.05, 0.1) is 0 Å². The third kappa shape index (κ3) is 3.45. The predicted molar refractivity (Wildman–Crippen MR) is 71.3 cm³/mol. The van der Waals surface area contributed by atoms with E-state index in [2.05, 4.69) is 11.8 Å². The fourth-order valence-corrected chi connectivity index (χ4v) is 3.23. The Hall–Kier alpha value is -0.610. The second kappa shape index (κ2) is 6.53. The Morgan fingerprint density at radius 3 is 2.50 bits per heavy atom. The van der Waals surface area contributed by atoms with Gasteiger partial charge in [-0.3, -0.25) is 4.79 Å². The number of rotatable bonds is 2. The topological polar surface area (TPSA) is 43.8 Å². The SMILES string of the molecule is CC1CCCN(C2CCN(C(=O)CO)CC2)CC1. The van der Waals surface area contributed by atoms with E-state index in [1.807, 2.05) is 0 Å². The minimum absolute atomic E-state index is 0.113. The Balaban J connectivity index is 1.80. The van der Waals surface area contributed by atoms with E-state index >= 15 is 0 Å². The van der Waals surface area contributed by atoms with Crippen molar-refractivity contribution in [2.24, 2.45) is 5.92 Å². The van der Waals surface area contributed by atoms with Crippen LogP contribution >= 0.6 is 0 Å². The lowest BCUT2D eigenvalue weighted by Crippen LogP contribution is -2.47. The Kier molecular flexibility index (Phi) is 5.01. The summed E-state index contributed by atoms with van der Waals surface area (Å²) < 4.78 is 0. The molecule has 1 amide bonds. The number of nitrogens with zero attached hydrogens (tertiary/aromatic N) is 2. The molecular weight excluding hydrogens is 228 g/mol. The quantitative estimate of drug-likeness (QED) is 0.802. The van der Waals surface area contributed by atoms with Gasteiger partial charge in [-0.25, -0.2) is 0 Å². The van der Waals surface area contributed by atoms with Crippen molar-refractivity contribution in [2.75, 3.05) is 32.8 Å². The number of hydrogen-bond acceptors (Lipinski definition) is 3. The van der Waals surface area contributed by atoms with E-state index in [4.69, 9.17) is 5.11 Å². The molecule has 2 fully saturated rings. The van der Waals surface area contributed by atoms with Crippen molar-refractivity contribution >= 4 is 5.91 Å². The van der Waals surface area contributed by atoms with Crippen LogP contribution in [-0.2, 0) is 4.79 Å². The van der Waals surface area contributed by atoms with Gasteiger partial charge in [0.1, 0.15) is 6.61 Å². The van der Waals surface area contributed by atoms with Crippen LogP contribution in [0.5, 0.6) is 0 Å². The van der Waals surface area contributed by atoms with Gasteiger partial charge in [0.25, 0.3) is 0 Å². The molecule has 2 saturated heterocycles. The van der Waals surface area contributed by atoms with E-state index in [0.717, 1.165) is 31.8 Å². The van der Waals surface area contributed by atoms with Gasteiger partial charge in [-0.05, 0) is 51.1 Å². The van der Waals surface area contributed by atoms with Crippen molar-refractivity contribution < 1.29 is 9.90 Å². The fraction of sp³-hybridized carbons (Fsp3) is 0.929. The Labute approximate surface area is 110 Å². The van der Waals surface area contributed by atoms with Crippen molar-refractivity contribution in [1.82, 2.24) is 9.80 Å². The van der Waals surface area contributed by atoms with Crippen LogP contribution in [0, 0.1) is 5.92 Å². The van der Waals surface area contributed by atoms with E-state index in [1.54, 1.807) is 4.90 Å². The summed E-state index contributed by atoms with van der Waals surface area (Å²) in [5, 5.41) is 8.87. The largest absolute Gasteiger partial charge is 0.387 e. The first-order valence-corrected chi connectivity index (χ1v) is 7.33. The monoisotopic (exact) mass is 254 g/mol. The van der Waals surface area contributed by atoms with Gasteiger partial charge < -0.3 is 14.9 Å². The minimum atomic E-state index is -0.341. The van der Waals surface area contributed by atoms with Crippen LogP contribution in [0.15, 0.2) is 0 Å². The van der Waals surface area contributed by atoms with Crippen molar-refractivity contribution in [3.63, 3.8) is 0 Å². The zero-order valence-electron chi connectivity index (χ0n) is 11.5. The molecule has 0 radical (unpaired) electrons. The standard InChI is InChI=1S/C14H26N2O2/c1-12-3-2-7-15(8-4-12)13-5-9-16(10-6-13)14(18)11-17/h12-13,17H,2-11H2,1H3. The smallest absolute Gasteiger partial charge is 0.248 e. The number of hydrogen-bond donors (Lipinski definition) is 1. The summed E-state index contributed by atoms with van der Waals surface area (Å²) in [4.78, 5) is 15.8. The molecule has 0 bridgehead atoms. The Morgan fingerprint density at radius 1 is 1.11 bits per heavy atom. The number of carbonyl (C=O) groups excluding carboxylic acids is 1. The maximum absolute atomic E-state index is 11.4. The molecule has 1 unspecified atom stereocenters. The molecule has 18 heavy (non-hydrogen) atoms. The second-order valence-electron chi connectivity index (χ2n) is 5.84. The van der Waals surface area contributed by atoms with Crippen LogP contribution in [0.1, 0.15) is 39.0 Å². The highest BCUT2D eigenvalue weighted by Crippen LogP contribution is 2.23. The number of aliphatic hydroxyl groups excluding tert-OH is 1. The van der Waals surface area contributed by atoms with Gasteiger partial charge in [-0.1, -0.05) is 6.92 Å². The summed E-state index contributed by atoms with van der Waals surface area (Å²) in [6.45, 7) is 6.09. The van der Waals surface area contributed by atoms with Crippen LogP contribution in [0.25, 0.3) is 0 Å². The van der Waals surface area contributed by atoms with E-state index in [1.165, 1.54) is 32.4 Å². The van der Waals surface area contributed by atoms with Gasteiger partial charge in [0.15, 0.2) is 0 Å². The first kappa shape index (κ1) is 13.8. The molecule has 2 aliphatic rings. The molecule has 0 aromatic carbocycles. The minimum Gasteiger partial charge on any atom is -0.387 e. The summed E-state index contributed by atoms with van der Waals surface area (Å²) >= 11 is 0. The lowest BCUT2D eigenvalue weighted by molar-refractivity contribution is -0.135. The number of carbonyl (C=O) groups is 1. The highest BCUT2D eigenvalue weighted by Gasteiger charge is 2.27. The fourth-order valence-electron chi connectivity index (χ4n) is 3.23. The van der Waals surface area contributed by atoms with Crippen molar-refractivity contribution in [3.05, 3.63) is 0 Å². The number of piperidine rings is 1. The number of likely N-dealkylation sites (tertiary alicyclic amines) is 2. The van der Waals surface area contributed by atoms with Gasteiger partial charge >= 0.3 is 0 Å². The molecule has 104 valence electrons. The maximum atomic E-state index is 11.4. The molecule has 4 nitrogen and oxygen atoms in total. The third-order valence-corrected chi connectivity index (χ3v) is 4.52. The highest BCUT2D eigenvalue weighted by molar-refractivity contribution is 5.77. The molecule has 1 N–H and O–H groups in total. The molecule has 0 aromatic rings. The predicted octanol–water partition coefficient (Wildman–Crippen LogP) is 1.09. The van der Waals surface area contributed by atoms with Crippen molar-refractivity contribution in [2.45, 2.75) is 45.1 Å². The Morgan fingerprint density at radius 2 is 1.83 bits per heavy atom. The number of aliphatic hydroxyl groups is 1. The van der Waals surface area contributed by atoms with E-state index in [9.17, 15) is 4.79 Å². The van der Waals surface area contributed by atoms with Crippen molar-refractivity contribution in [3.8, 4) is 0 Å². The van der Waals surface area contributed by atoms with Crippen LogP contribution in [0.4, 0.5) is 0 Å². The molecule has 0 spiro atoms. The molecule has 0 saturated carbocycles. The molecule has 1 atom stereocenters. The lowest BCUT2D eigenvalue weighted by Gasteiger charge is -2.38. The van der Waals surface area contributed by atoms with Crippen LogP contribution in [0.2, 0.25) is 0 Å². The molecule has 2 heterocycles. The second-order valence-corrected chi connectivity index (χ2v) is 5.84. The molecule has 2 rings (SSSR count). The zero-order valence-corrected chi connectivity index (χ0v) is 11.5. The maximum Gasteiger partial charge on any atom is 0.248 e. The lowest BCUT2D eigenvalue weighted by atomic mass is 10.0. The third-order valence-electron chi connectivity index (χ3n) is 4.52. The van der Waals surface area contributed by atoms with E-state index < -0.39 is 0 Å². The average molecular weight is 254 g/mol. The normalized spacial score (nSPS) is 28.1. The summed E-state index contributed by atoms with van der Waals surface area (Å²) in [5.74, 6) is 0.754. The van der Waals surface area contributed by atoms with E-state index in [-0.39, 0.29) is 12.5 Å². The molecule has 0 aromatic heterocycles. The molecule has 0 aliphatic carbocycles. The highest BCUT2D eigenvalue weighted by atomic mass is 16.3. The van der Waals surface area contributed by atoms with Gasteiger partial charge in [-0.2, -0.15) is 0 Å². The van der Waals surface area contributed by atoms with E-state index in [0.29, 0.717) is 6.04 Å². The zero-order chi connectivity index (χ0) is 13.0. The average Bonchev–Trinajstić information content (AvgIpc) is 2.63. The Bertz CT molecular complexity index is 275. The first-order chi connectivity index (χ1) is 8.70. The number of amides is 1. The summed E-state index contributed by atoms with van der Waals surface area (Å²) in [7, 11) is 0. The van der Waals surface area contributed by atoms with Crippen LogP contribution in [0.3, 0.4) is 0 Å². The summed E-state index contributed by atoms with van der Waals surface area (Å²) in [6, 6.07) is 0.651. The van der Waals surface area contributed by atoms with Crippen LogP contribution in [-0.4, -0.2) is 59.6 Å². The first-order valence-electron chi connectivity index (χ1n) is 7.33. The van der Waals surface area contributed by atoms with Crippen molar-refractivity contribution in [1.29, 1.82) is 0 Å². The summed E-state index contributed by atoms with van der Waals surface area (Å²) in [5.41, 5.74) is 0. The van der Waals surface area contributed by atoms with Gasteiger partial charge in [0, 0.05) is 19.1 Å². The van der Waals surface area contributed by atoms with Gasteiger partial charge in [0.2, 0.25) is 5.91 Å².